The quantitative estimate of drug-likeness (QED) is 0.897. The fourth-order valence-electron chi connectivity index (χ4n) is 1.44. The molecule has 1 aromatic rings. The van der Waals surface area contributed by atoms with Gasteiger partial charge in [0.15, 0.2) is 5.17 Å². The lowest BCUT2D eigenvalue weighted by atomic mass is 10.3. The highest BCUT2D eigenvalue weighted by atomic mass is 32.2. The molecule has 0 fully saturated rings. The maximum atomic E-state index is 12.1. The number of aliphatic imine (C=N–C) groups is 1. The molecule has 0 radical (unpaired) electrons. The molecule has 0 spiro atoms. The van der Waals surface area contributed by atoms with Crippen molar-refractivity contribution < 1.29 is 17.9 Å². The van der Waals surface area contributed by atoms with E-state index in [2.05, 4.69) is 15.0 Å². The highest BCUT2D eigenvalue weighted by Crippen LogP contribution is 2.27. The largest absolute Gasteiger partial charge is 0.573 e. The lowest BCUT2D eigenvalue weighted by Gasteiger charge is -2.11. The molecule has 0 aromatic heterocycles. The predicted octanol–water partition coefficient (Wildman–Crippen LogP) is 3.49. The van der Waals surface area contributed by atoms with E-state index in [-0.39, 0.29) is 5.75 Å². The van der Waals surface area contributed by atoms with Gasteiger partial charge in [0.1, 0.15) is 5.75 Å². The minimum absolute atomic E-state index is 0.246. The van der Waals surface area contributed by atoms with E-state index in [0.29, 0.717) is 22.6 Å². The molecule has 1 N–H and O–H groups in total. The fraction of sp³-hybridized carbons (Fsp3) is 0.364. The molecule has 0 amide bonds. The average Bonchev–Trinajstić information content (AvgIpc) is 2.62. The first kappa shape index (κ1) is 13.1. The van der Waals surface area contributed by atoms with Gasteiger partial charge in [-0.2, -0.15) is 0 Å². The second-order valence-corrected chi connectivity index (χ2v) is 5.20. The van der Waals surface area contributed by atoms with Crippen LogP contribution in [0.5, 0.6) is 5.75 Å². The summed E-state index contributed by atoms with van der Waals surface area (Å²) >= 11 is 1.56. The van der Waals surface area contributed by atoms with Crippen molar-refractivity contribution in [3.8, 4) is 5.75 Å². The molecule has 2 rings (SSSR count). The van der Waals surface area contributed by atoms with Crippen molar-refractivity contribution >= 4 is 22.6 Å². The first-order valence-electron chi connectivity index (χ1n) is 5.26. The summed E-state index contributed by atoms with van der Waals surface area (Å²) in [5.74, 6) is -0.246. The number of amidine groups is 1. The lowest BCUT2D eigenvalue weighted by molar-refractivity contribution is -0.274. The Morgan fingerprint density at radius 2 is 2.22 bits per heavy atom. The second kappa shape index (κ2) is 5.09. The molecule has 1 aromatic carbocycles. The standard InChI is InChI=1S/C11H11F3N2OS/c1-7-6-15-10(18-7)16-8-3-2-4-9(5-8)17-11(12,13)14/h2-5,7H,6H2,1H3,(H,15,16). The van der Waals surface area contributed by atoms with Gasteiger partial charge in [-0.25, -0.2) is 0 Å². The Balaban J connectivity index is 2.03. The van der Waals surface area contributed by atoms with E-state index >= 15 is 0 Å². The Kier molecular flexibility index (Phi) is 3.70. The third-order valence-electron chi connectivity index (χ3n) is 2.12. The molecule has 0 saturated heterocycles. The van der Waals surface area contributed by atoms with Gasteiger partial charge in [-0.3, -0.25) is 4.99 Å². The number of ether oxygens (including phenoxy) is 1. The van der Waals surface area contributed by atoms with Crippen molar-refractivity contribution in [1.29, 1.82) is 0 Å². The van der Waals surface area contributed by atoms with Crippen LogP contribution >= 0.6 is 11.8 Å². The highest BCUT2D eigenvalue weighted by Gasteiger charge is 2.31. The van der Waals surface area contributed by atoms with E-state index in [4.69, 9.17) is 0 Å². The van der Waals surface area contributed by atoms with Crippen LogP contribution < -0.4 is 10.1 Å². The number of rotatable bonds is 2. The molecule has 1 heterocycles. The van der Waals surface area contributed by atoms with Gasteiger partial charge in [-0.05, 0) is 12.1 Å². The SMILES string of the molecule is CC1CN=C(Nc2cccc(OC(F)(F)F)c2)S1. The predicted molar refractivity (Wildman–Crippen MR) is 66.1 cm³/mol. The third-order valence-corrected chi connectivity index (χ3v) is 3.13. The molecule has 3 nitrogen and oxygen atoms in total. The van der Waals surface area contributed by atoms with Gasteiger partial charge in [0.05, 0.1) is 6.54 Å². The van der Waals surface area contributed by atoms with Gasteiger partial charge in [-0.1, -0.05) is 24.8 Å². The monoisotopic (exact) mass is 276 g/mol. The minimum Gasteiger partial charge on any atom is -0.406 e. The van der Waals surface area contributed by atoms with Crippen molar-refractivity contribution in [3.63, 3.8) is 0 Å². The van der Waals surface area contributed by atoms with Crippen LogP contribution in [-0.4, -0.2) is 23.3 Å². The molecule has 7 heteroatoms. The van der Waals surface area contributed by atoms with Crippen molar-refractivity contribution in [2.45, 2.75) is 18.5 Å². The topological polar surface area (TPSA) is 33.6 Å². The normalized spacial score (nSPS) is 19.6. The van der Waals surface area contributed by atoms with Crippen LogP contribution in [0.4, 0.5) is 18.9 Å². The number of hydrogen-bond acceptors (Lipinski definition) is 4. The van der Waals surface area contributed by atoms with Gasteiger partial charge >= 0.3 is 6.36 Å². The first-order valence-corrected chi connectivity index (χ1v) is 6.14. The Morgan fingerprint density at radius 3 is 2.83 bits per heavy atom. The van der Waals surface area contributed by atoms with Gasteiger partial charge in [0.25, 0.3) is 0 Å². The smallest absolute Gasteiger partial charge is 0.406 e. The van der Waals surface area contributed by atoms with Crippen LogP contribution in [-0.2, 0) is 0 Å². The van der Waals surface area contributed by atoms with Crippen molar-refractivity contribution in [2.24, 2.45) is 4.99 Å². The van der Waals surface area contributed by atoms with Crippen LogP contribution in [0.1, 0.15) is 6.92 Å². The minimum atomic E-state index is -4.67. The molecule has 18 heavy (non-hydrogen) atoms. The molecule has 1 aliphatic heterocycles. The lowest BCUT2D eigenvalue weighted by Crippen LogP contribution is -2.17. The number of nitrogens with one attached hydrogen (secondary N) is 1. The molecule has 1 aliphatic rings. The summed E-state index contributed by atoms with van der Waals surface area (Å²) in [5.41, 5.74) is 0.525. The van der Waals surface area contributed by atoms with Crippen LogP contribution in [0.2, 0.25) is 0 Å². The molecule has 0 bridgehead atoms. The zero-order chi connectivity index (χ0) is 13.2. The van der Waals surface area contributed by atoms with Gasteiger partial charge in [-0.15, -0.1) is 13.2 Å². The van der Waals surface area contributed by atoms with E-state index in [1.165, 1.54) is 18.2 Å². The second-order valence-electron chi connectivity index (χ2n) is 3.77. The van der Waals surface area contributed by atoms with E-state index < -0.39 is 6.36 Å². The summed E-state index contributed by atoms with van der Waals surface area (Å²) in [4.78, 5) is 4.22. The summed E-state index contributed by atoms with van der Waals surface area (Å²) < 4.78 is 40.0. The van der Waals surface area contributed by atoms with Crippen molar-refractivity contribution in [1.82, 2.24) is 0 Å². The maximum Gasteiger partial charge on any atom is 0.573 e. The number of alkyl halides is 3. The molecular weight excluding hydrogens is 265 g/mol. The summed E-state index contributed by atoms with van der Waals surface area (Å²) in [5, 5.41) is 4.07. The molecular formula is C11H11F3N2OS. The number of anilines is 1. The Labute approximate surface area is 106 Å². The van der Waals surface area contributed by atoms with E-state index in [9.17, 15) is 13.2 Å². The molecule has 0 aliphatic carbocycles. The first-order chi connectivity index (χ1) is 8.42. The third kappa shape index (κ3) is 3.83. The number of nitrogens with zero attached hydrogens (tertiary/aromatic N) is 1. The molecule has 0 saturated carbocycles. The number of halogens is 3. The van der Waals surface area contributed by atoms with Crippen molar-refractivity contribution in [3.05, 3.63) is 24.3 Å². The van der Waals surface area contributed by atoms with Crippen LogP contribution in [0, 0.1) is 0 Å². The van der Waals surface area contributed by atoms with E-state index in [1.807, 2.05) is 6.92 Å². The zero-order valence-corrected chi connectivity index (χ0v) is 10.3. The Hall–Kier alpha value is -1.37. The maximum absolute atomic E-state index is 12.1. The summed E-state index contributed by atoms with van der Waals surface area (Å²) in [6.07, 6.45) is -4.67. The number of thioether (sulfide) groups is 1. The molecule has 98 valence electrons. The summed E-state index contributed by atoms with van der Waals surface area (Å²) in [6, 6.07) is 5.70. The van der Waals surface area contributed by atoms with E-state index in [0.717, 1.165) is 0 Å². The van der Waals surface area contributed by atoms with E-state index in [1.54, 1.807) is 17.8 Å². The number of benzene rings is 1. The molecule has 1 atom stereocenters. The Morgan fingerprint density at radius 1 is 1.44 bits per heavy atom. The van der Waals surface area contributed by atoms with Gasteiger partial charge < -0.3 is 10.1 Å². The Bertz CT molecular complexity index is 462. The fourth-order valence-corrected chi connectivity index (χ4v) is 2.30. The van der Waals surface area contributed by atoms with Crippen LogP contribution in [0.15, 0.2) is 29.3 Å². The van der Waals surface area contributed by atoms with Crippen LogP contribution in [0.25, 0.3) is 0 Å². The summed E-state index contributed by atoms with van der Waals surface area (Å²) in [6.45, 7) is 2.75. The molecule has 1 unspecified atom stereocenters. The summed E-state index contributed by atoms with van der Waals surface area (Å²) in [7, 11) is 0. The number of hydrogen-bond donors (Lipinski definition) is 1. The zero-order valence-electron chi connectivity index (χ0n) is 9.49. The highest BCUT2D eigenvalue weighted by molar-refractivity contribution is 8.15. The van der Waals surface area contributed by atoms with Gasteiger partial charge in [0, 0.05) is 17.0 Å². The van der Waals surface area contributed by atoms with Crippen LogP contribution in [0.3, 0.4) is 0 Å². The van der Waals surface area contributed by atoms with Crippen molar-refractivity contribution in [2.75, 3.05) is 11.9 Å². The average molecular weight is 276 g/mol. The van der Waals surface area contributed by atoms with Gasteiger partial charge in [0.2, 0.25) is 0 Å².